The number of alkyl halides is 3. The minimum Gasteiger partial charge on any atom is -0.413 e. The number of carbonyl (C=O) groups is 1. The van der Waals surface area contributed by atoms with Crippen LogP contribution in [-0.4, -0.2) is 26.4 Å². The van der Waals surface area contributed by atoms with E-state index < -0.39 is 23.8 Å². The van der Waals surface area contributed by atoms with Crippen LogP contribution in [0.25, 0.3) is 22.4 Å². The number of benzene rings is 2. The van der Waals surface area contributed by atoms with Crippen LogP contribution in [0.2, 0.25) is 0 Å². The van der Waals surface area contributed by atoms with Crippen molar-refractivity contribution in [2.24, 2.45) is 7.05 Å². The molecular weight excluding hydrogens is 406 g/mol. The number of aryl methyl sites for hydroxylation is 1. The Kier molecular flexibility index (Phi) is 4.72. The van der Waals surface area contributed by atoms with Gasteiger partial charge in [0.05, 0.1) is 18.3 Å². The van der Waals surface area contributed by atoms with Gasteiger partial charge in [0.1, 0.15) is 5.82 Å². The average Bonchev–Trinajstić information content (AvgIpc) is 3.34. The summed E-state index contributed by atoms with van der Waals surface area (Å²) in [7, 11) is 1.76. The normalized spacial score (nSPS) is 11.8. The lowest BCUT2D eigenvalue weighted by atomic mass is 10.1. The first-order valence-electron chi connectivity index (χ1n) is 8.59. The Bertz CT molecular complexity index is 1230. The number of amides is 1. The van der Waals surface area contributed by atoms with Crippen LogP contribution in [0, 0.1) is 5.82 Å². The third-order valence-corrected chi connectivity index (χ3v) is 4.50. The van der Waals surface area contributed by atoms with Crippen molar-refractivity contribution in [1.29, 1.82) is 0 Å². The zero-order chi connectivity index (χ0) is 21.5. The van der Waals surface area contributed by atoms with Gasteiger partial charge in [0, 0.05) is 29.2 Å². The Morgan fingerprint density at radius 2 is 1.97 bits per heavy atom. The number of carbonyl (C=O) groups excluding carboxylic acids is 1. The van der Waals surface area contributed by atoms with E-state index in [0.29, 0.717) is 12.1 Å². The first-order chi connectivity index (χ1) is 14.3. The van der Waals surface area contributed by atoms with E-state index in [4.69, 9.17) is 0 Å². The summed E-state index contributed by atoms with van der Waals surface area (Å²) < 4.78 is 58.6. The number of hydrogen-bond donors (Lipinski definition) is 0. The van der Waals surface area contributed by atoms with Crippen molar-refractivity contribution in [3.05, 3.63) is 59.9 Å². The third kappa shape index (κ3) is 3.61. The molecule has 0 radical (unpaired) electrons. The second-order valence-electron chi connectivity index (χ2n) is 6.46. The summed E-state index contributed by atoms with van der Waals surface area (Å²) in [4.78, 5) is 12.9. The lowest BCUT2D eigenvalue weighted by molar-refractivity contribution is -0.156. The van der Waals surface area contributed by atoms with Crippen LogP contribution in [0.3, 0.4) is 0 Å². The quantitative estimate of drug-likeness (QED) is 0.362. The smallest absolute Gasteiger partial charge is 0.413 e. The molecule has 154 valence electrons. The summed E-state index contributed by atoms with van der Waals surface area (Å²) in [6.07, 6.45) is -2.54. The fourth-order valence-electron chi connectivity index (χ4n) is 2.95. The molecule has 0 fully saturated rings. The Morgan fingerprint density at radius 1 is 1.17 bits per heavy atom. The van der Waals surface area contributed by atoms with Gasteiger partial charge in [-0.15, -0.1) is 10.2 Å². The van der Waals surface area contributed by atoms with Crippen LogP contribution in [0.1, 0.15) is 11.5 Å². The van der Waals surface area contributed by atoms with E-state index in [1.807, 2.05) is 0 Å². The first kappa shape index (κ1) is 19.6. The molecular formula is C19H13F4N5O2. The van der Waals surface area contributed by atoms with Crippen LogP contribution in [0.5, 0.6) is 0 Å². The van der Waals surface area contributed by atoms with Gasteiger partial charge in [-0.1, -0.05) is 6.07 Å². The molecule has 1 amide bonds. The van der Waals surface area contributed by atoms with Crippen LogP contribution < -0.4 is 4.90 Å². The standard InChI is InChI=1S/C19H13F4N5O2/c1-27-16-7-14(5-4-12(16)8-24-27)28(10-29)9-13-3-2-11(6-15(13)20)17-25-26-18(30-17)19(21,22)23/h2-8,10H,9H2,1H3. The topological polar surface area (TPSA) is 77.1 Å². The Labute approximate surface area is 166 Å². The molecule has 7 nitrogen and oxygen atoms in total. The Morgan fingerprint density at radius 3 is 2.63 bits per heavy atom. The summed E-state index contributed by atoms with van der Waals surface area (Å²) in [6, 6.07) is 8.93. The summed E-state index contributed by atoms with van der Waals surface area (Å²) >= 11 is 0. The summed E-state index contributed by atoms with van der Waals surface area (Å²) in [5.41, 5.74) is 1.49. The van der Waals surface area contributed by atoms with Gasteiger partial charge in [-0.3, -0.25) is 9.48 Å². The molecule has 11 heteroatoms. The minimum atomic E-state index is -4.79. The number of aromatic nitrogens is 4. The van der Waals surface area contributed by atoms with Gasteiger partial charge in [0.25, 0.3) is 0 Å². The van der Waals surface area contributed by atoms with Gasteiger partial charge in [0.15, 0.2) is 0 Å². The number of fused-ring (bicyclic) bond motifs is 1. The van der Waals surface area contributed by atoms with Gasteiger partial charge in [-0.05, 0) is 30.3 Å². The molecule has 4 aromatic rings. The number of anilines is 1. The molecule has 0 saturated heterocycles. The number of hydrogen-bond acceptors (Lipinski definition) is 5. The molecule has 0 unspecified atom stereocenters. The van der Waals surface area contributed by atoms with Crippen molar-refractivity contribution in [3.8, 4) is 11.5 Å². The fourth-order valence-corrected chi connectivity index (χ4v) is 2.95. The molecule has 0 bridgehead atoms. The number of rotatable bonds is 5. The maximum Gasteiger partial charge on any atom is 0.470 e. The maximum atomic E-state index is 14.6. The molecule has 0 aliphatic rings. The molecule has 2 heterocycles. The lowest BCUT2D eigenvalue weighted by Gasteiger charge is -2.18. The van der Waals surface area contributed by atoms with Crippen LogP contribution in [-0.2, 0) is 24.6 Å². The van der Waals surface area contributed by atoms with E-state index in [1.165, 1.54) is 17.0 Å². The van der Waals surface area contributed by atoms with E-state index in [1.54, 1.807) is 36.1 Å². The molecule has 0 saturated carbocycles. The van der Waals surface area contributed by atoms with Gasteiger partial charge in [0.2, 0.25) is 12.3 Å². The van der Waals surface area contributed by atoms with Crippen molar-refractivity contribution in [2.45, 2.75) is 12.7 Å². The number of nitrogens with zero attached hydrogens (tertiary/aromatic N) is 5. The minimum absolute atomic E-state index is 0.00629. The van der Waals surface area contributed by atoms with Crippen molar-refractivity contribution in [3.63, 3.8) is 0 Å². The summed E-state index contributed by atoms with van der Waals surface area (Å²) in [5, 5.41) is 11.2. The average molecular weight is 419 g/mol. The molecule has 30 heavy (non-hydrogen) atoms. The molecule has 2 aromatic heterocycles. The van der Waals surface area contributed by atoms with E-state index in [2.05, 4.69) is 19.7 Å². The van der Waals surface area contributed by atoms with Crippen LogP contribution in [0.4, 0.5) is 23.2 Å². The third-order valence-electron chi connectivity index (χ3n) is 4.50. The SMILES string of the molecule is Cn1ncc2ccc(N(C=O)Cc3ccc(-c4nnc(C(F)(F)F)o4)cc3F)cc21. The lowest BCUT2D eigenvalue weighted by Crippen LogP contribution is -2.21. The van der Waals surface area contributed by atoms with Crippen LogP contribution >= 0.6 is 0 Å². The largest absolute Gasteiger partial charge is 0.470 e. The molecule has 0 spiro atoms. The highest BCUT2D eigenvalue weighted by Gasteiger charge is 2.38. The second kappa shape index (κ2) is 7.25. The molecule has 2 aromatic carbocycles. The number of halogens is 4. The zero-order valence-electron chi connectivity index (χ0n) is 15.4. The van der Waals surface area contributed by atoms with Gasteiger partial charge < -0.3 is 9.32 Å². The van der Waals surface area contributed by atoms with Crippen molar-refractivity contribution < 1.29 is 26.8 Å². The van der Waals surface area contributed by atoms with Crippen molar-refractivity contribution in [1.82, 2.24) is 20.0 Å². The monoisotopic (exact) mass is 419 g/mol. The summed E-state index contributed by atoms with van der Waals surface area (Å²) in [6.45, 7) is -0.0867. The second-order valence-corrected chi connectivity index (χ2v) is 6.46. The molecule has 0 aliphatic carbocycles. The van der Waals surface area contributed by atoms with E-state index in [0.717, 1.165) is 17.0 Å². The predicted molar refractivity (Wildman–Crippen MR) is 97.7 cm³/mol. The van der Waals surface area contributed by atoms with E-state index in [9.17, 15) is 22.4 Å². The maximum absolute atomic E-state index is 14.6. The summed E-state index contributed by atoms with van der Waals surface area (Å²) in [5.74, 6) is -2.70. The highest BCUT2D eigenvalue weighted by Crippen LogP contribution is 2.31. The predicted octanol–water partition coefficient (Wildman–Crippen LogP) is 3.94. The van der Waals surface area contributed by atoms with Gasteiger partial charge in [-0.2, -0.15) is 18.3 Å². The molecule has 4 rings (SSSR count). The molecule has 0 aliphatic heterocycles. The van der Waals surface area contributed by atoms with E-state index in [-0.39, 0.29) is 17.7 Å². The van der Waals surface area contributed by atoms with Crippen molar-refractivity contribution >= 4 is 23.0 Å². The van der Waals surface area contributed by atoms with Gasteiger partial charge in [-0.25, -0.2) is 4.39 Å². The highest BCUT2D eigenvalue weighted by molar-refractivity contribution is 5.86. The van der Waals surface area contributed by atoms with E-state index >= 15 is 0 Å². The zero-order valence-corrected chi connectivity index (χ0v) is 15.4. The van der Waals surface area contributed by atoms with Crippen molar-refractivity contribution in [2.75, 3.05) is 4.90 Å². The molecule has 0 atom stereocenters. The van der Waals surface area contributed by atoms with Crippen LogP contribution in [0.15, 0.2) is 47.0 Å². The Hall–Kier alpha value is -3.76. The molecule has 0 N–H and O–H groups in total. The van der Waals surface area contributed by atoms with Gasteiger partial charge >= 0.3 is 12.1 Å². The highest BCUT2D eigenvalue weighted by atomic mass is 19.4. The Balaban J connectivity index is 1.59. The fraction of sp³-hybridized carbons (Fsp3) is 0.158. The first-order valence-corrected chi connectivity index (χ1v) is 8.59.